The van der Waals surface area contributed by atoms with E-state index in [1.165, 1.54) is 25.7 Å². The maximum Gasteiger partial charge on any atom is 0.159 e. The van der Waals surface area contributed by atoms with Crippen LogP contribution in [0.4, 0.5) is 5.69 Å². The highest BCUT2D eigenvalue weighted by atomic mass is 15.1. The number of benzene rings is 1. The molecule has 6 aromatic rings. The predicted molar refractivity (Wildman–Crippen MR) is 150 cm³/mol. The van der Waals surface area contributed by atoms with Gasteiger partial charge in [-0.2, -0.15) is 5.10 Å². The lowest BCUT2D eigenvalue weighted by molar-refractivity contribution is 0.649. The Labute approximate surface area is 219 Å². The van der Waals surface area contributed by atoms with Gasteiger partial charge >= 0.3 is 0 Å². The smallest absolute Gasteiger partial charge is 0.159 e. The van der Waals surface area contributed by atoms with Crippen LogP contribution in [0.15, 0.2) is 85.6 Å². The molecule has 1 aliphatic carbocycles. The van der Waals surface area contributed by atoms with Gasteiger partial charge in [0.25, 0.3) is 0 Å². The lowest BCUT2D eigenvalue weighted by Crippen LogP contribution is -2.07. The highest BCUT2D eigenvalue weighted by molar-refractivity contribution is 5.97. The molecule has 186 valence electrons. The Morgan fingerprint density at radius 2 is 1.82 bits per heavy atom. The highest BCUT2D eigenvalue weighted by Crippen LogP contribution is 2.34. The molecule has 1 aromatic carbocycles. The second kappa shape index (κ2) is 9.23. The van der Waals surface area contributed by atoms with E-state index in [0.717, 1.165) is 61.5 Å². The van der Waals surface area contributed by atoms with E-state index in [9.17, 15) is 0 Å². The molecule has 0 unspecified atom stereocenters. The zero-order valence-corrected chi connectivity index (χ0v) is 20.8. The summed E-state index contributed by atoms with van der Waals surface area (Å²) in [6, 6.07) is 16.1. The van der Waals surface area contributed by atoms with E-state index < -0.39 is 0 Å². The number of imidazole rings is 1. The molecule has 1 aliphatic rings. The number of hydrogen-bond donors (Lipinski definition) is 3. The lowest BCUT2D eigenvalue weighted by Gasteiger charge is -2.16. The number of nitrogens with zero attached hydrogens (tertiary/aromatic N) is 5. The highest BCUT2D eigenvalue weighted by Gasteiger charge is 2.19. The maximum atomic E-state index is 4.90. The summed E-state index contributed by atoms with van der Waals surface area (Å²) in [5, 5.41) is 12.2. The molecule has 0 radical (unpaired) electrons. The average molecular weight is 499 g/mol. The third-order valence-corrected chi connectivity index (χ3v) is 7.32. The van der Waals surface area contributed by atoms with E-state index in [2.05, 4.69) is 60.2 Å². The van der Waals surface area contributed by atoms with Crippen LogP contribution in [0.25, 0.3) is 56.0 Å². The zero-order valence-electron chi connectivity index (χ0n) is 20.8. The molecule has 8 heteroatoms. The molecule has 0 amide bonds. The van der Waals surface area contributed by atoms with Crippen LogP contribution in [-0.2, 0) is 0 Å². The van der Waals surface area contributed by atoms with Crippen molar-refractivity contribution in [3.63, 3.8) is 0 Å². The minimum absolute atomic E-state index is 0.542. The van der Waals surface area contributed by atoms with Gasteiger partial charge in [-0.05, 0) is 60.7 Å². The molecule has 5 heterocycles. The van der Waals surface area contributed by atoms with Crippen molar-refractivity contribution in [2.75, 3.05) is 5.32 Å². The Bertz CT molecular complexity index is 1780. The van der Waals surface area contributed by atoms with Gasteiger partial charge in [0, 0.05) is 35.2 Å². The van der Waals surface area contributed by atoms with Crippen molar-refractivity contribution in [1.29, 1.82) is 0 Å². The summed E-state index contributed by atoms with van der Waals surface area (Å²) in [6.45, 7) is 4.29. The quantitative estimate of drug-likeness (QED) is 0.235. The zero-order chi connectivity index (χ0) is 25.5. The second-order valence-electron chi connectivity index (χ2n) is 9.78. The van der Waals surface area contributed by atoms with Gasteiger partial charge in [-0.15, -0.1) is 0 Å². The fraction of sp³-hybridized carbons (Fsp3) is 0.167. The summed E-state index contributed by atoms with van der Waals surface area (Å²) in [5.41, 5.74) is 8.96. The SMILES string of the molecule is C=C(Nc1cncc(-c2ccc3[nH]nc(-c4nc5c(-c6ccccn6)nccc5[nH]4)c3c2)c1)C1CCCC1. The van der Waals surface area contributed by atoms with E-state index in [1.54, 1.807) is 12.4 Å². The van der Waals surface area contributed by atoms with Gasteiger partial charge < -0.3 is 10.3 Å². The Hall–Kier alpha value is -4.85. The van der Waals surface area contributed by atoms with Crippen LogP contribution in [0.1, 0.15) is 25.7 Å². The fourth-order valence-corrected chi connectivity index (χ4v) is 5.34. The van der Waals surface area contributed by atoms with Gasteiger partial charge in [-0.3, -0.25) is 20.1 Å². The maximum absolute atomic E-state index is 4.90. The first-order valence-corrected chi connectivity index (χ1v) is 12.9. The van der Waals surface area contributed by atoms with Crippen molar-refractivity contribution >= 4 is 27.6 Å². The molecule has 0 bridgehead atoms. The molecule has 3 N–H and O–H groups in total. The topological polar surface area (TPSA) is 108 Å². The average Bonchev–Trinajstić information content (AvgIpc) is 3.73. The first-order chi connectivity index (χ1) is 18.7. The predicted octanol–water partition coefficient (Wildman–Crippen LogP) is 6.74. The standard InChI is InChI=1S/C30H26N8/c1-18(19-6-2-3-7-19)34-22-14-21(16-31-17-22)20-9-10-24-23(15-20)27(38-37-24)30-35-26-11-13-33-28(29(26)36-30)25-8-4-5-12-32-25/h4-5,8-17,19,34H,1-3,6-7H2,(H,35,36)(H,37,38). The largest absolute Gasteiger partial charge is 0.358 e. The third-order valence-electron chi connectivity index (χ3n) is 7.32. The van der Waals surface area contributed by atoms with Crippen molar-refractivity contribution in [3.05, 3.63) is 85.6 Å². The van der Waals surface area contributed by atoms with Gasteiger partial charge in [-0.1, -0.05) is 31.6 Å². The molecule has 7 rings (SSSR count). The fourth-order valence-electron chi connectivity index (χ4n) is 5.34. The lowest BCUT2D eigenvalue weighted by atomic mass is 10.0. The van der Waals surface area contributed by atoms with Crippen molar-refractivity contribution in [2.24, 2.45) is 5.92 Å². The molecule has 5 aromatic heterocycles. The number of anilines is 1. The monoisotopic (exact) mass is 498 g/mol. The van der Waals surface area contributed by atoms with Crippen LogP contribution in [0.3, 0.4) is 0 Å². The molecule has 1 fully saturated rings. The molecular weight excluding hydrogens is 472 g/mol. The molecule has 0 aliphatic heterocycles. The minimum Gasteiger partial charge on any atom is -0.358 e. The third kappa shape index (κ3) is 4.00. The number of nitrogens with one attached hydrogen (secondary N) is 3. The van der Waals surface area contributed by atoms with E-state index in [-0.39, 0.29) is 0 Å². The summed E-state index contributed by atoms with van der Waals surface area (Å²) in [4.78, 5) is 21.8. The van der Waals surface area contributed by atoms with Crippen molar-refractivity contribution in [2.45, 2.75) is 25.7 Å². The molecule has 0 saturated heterocycles. The number of aromatic nitrogens is 7. The van der Waals surface area contributed by atoms with Gasteiger partial charge in [0.05, 0.1) is 28.6 Å². The Kier molecular flexibility index (Phi) is 5.43. The van der Waals surface area contributed by atoms with E-state index >= 15 is 0 Å². The Morgan fingerprint density at radius 1 is 0.895 bits per heavy atom. The van der Waals surface area contributed by atoms with E-state index in [0.29, 0.717) is 11.7 Å². The number of hydrogen-bond acceptors (Lipinski definition) is 6. The van der Waals surface area contributed by atoms with Gasteiger partial charge in [-0.25, -0.2) is 4.98 Å². The van der Waals surface area contributed by atoms with Crippen LogP contribution >= 0.6 is 0 Å². The van der Waals surface area contributed by atoms with E-state index in [1.807, 2.05) is 42.7 Å². The molecule has 0 spiro atoms. The van der Waals surface area contributed by atoms with Crippen molar-refractivity contribution in [3.8, 4) is 34.0 Å². The molecule has 38 heavy (non-hydrogen) atoms. The van der Waals surface area contributed by atoms with Crippen molar-refractivity contribution in [1.82, 2.24) is 35.1 Å². The number of allylic oxidation sites excluding steroid dienone is 1. The van der Waals surface area contributed by atoms with Gasteiger partial charge in [0.1, 0.15) is 16.9 Å². The van der Waals surface area contributed by atoms with Gasteiger partial charge in [0.15, 0.2) is 5.82 Å². The summed E-state index contributed by atoms with van der Waals surface area (Å²) in [6.07, 6.45) is 12.2. The molecular formula is C30H26N8. The van der Waals surface area contributed by atoms with Crippen LogP contribution in [-0.4, -0.2) is 35.1 Å². The van der Waals surface area contributed by atoms with Crippen LogP contribution in [0, 0.1) is 5.92 Å². The summed E-state index contributed by atoms with van der Waals surface area (Å²) in [5.74, 6) is 1.22. The minimum atomic E-state index is 0.542. The first kappa shape index (κ1) is 22.4. The van der Waals surface area contributed by atoms with Gasteiger partial charge in [0.2, 0.25) is 0 Å². The summed E-state index contributed by atoms with van der Waals surface area (Å²) in [7, 11) is 0. The number of aromatic amines is 2. The summed E-state index contributed by atoms with van der Waals surface area (Å²) < 4.78 is 0. The number of rotatable bonds is 6. The van der Waals surface area contributed by atoms with Crippen LogP contribution in [0.2, 0.25) is 0 Å². The Morgan fingerprint density at radius 3 is 2.68 bits per heavy atom. The number of H-pyrrole nitrogens is 2. The normalized spacial score (nSPS) is 13.9. The Balaban J connectivity index is 1.25. The summed E-state index contributed by atoms with van der Waals surface area (Å²) >= 11 is 0. The number of fused-ring (bicyclic) bond motifs is 2. The van der Waals surface area contributed by atoms with Crippen LogP contribution in [0.5, 0.6) is 0 Å². The van der Waals surface area contributed by atoms with Crippen molar-refractivity contribution < 1.29 is 0 Å². The van der Waals surface area contributed by atoms with E-state index in [4.69, 9.17) is 4.98 Å². The first-order valence-electron chi connectivity index (χ1n) is 12.9. The molecule has 0 atom stereocenters. The number of pyridine rings is 3. The second-order valence-corrected chi connectivity index (χ2v) is 9.78. The van der Waals surface area contributed by atoms with Crippen LogP contribution < -0.4 is 5.32 Å². The molecule has 1 saturated carbocycles. The molecule has 8 nitrogen and oxygen atoms in total.